The van der Waals surface area contributed by atoms with E-state index in [1.54, 1.807) is 26.0 Å². The molecule has 0 aliphatic heterocycles. The molecule has 0 amide bonds. The number of Topliss-reactive ketones (excluding diaryl/α,β-unsaturated/α-hetero) is 1. The third kappa shape index (κ3) is 3.08. The van der Waals surface area contributed by atoms with Crippen LogP contribution in [0.1, 0.15) is 29.8 Å². The lowest BCUT2D eigenvalue weighted by molar-refractivity contribution is -0.142. The molecule has 0 fully saturated rings. The first kappa shape index (κ1) is 16.0. The fraction of sp³-hybridized carbons (Fsp3) is 0.200. The van der Waals surface area contributed by atoms with Crippen molar-refractivity contribution < 1.29 is 14.3 Å². The molecule has 0 saturated carbocycles. The van der Waals surface area contributed by atoms with Crippen LogP contribution >= 0.6 is 0 Å². The topological polar surface area (TPSA) is 59.2 Å². The molecule has 0 aliphatic rings. The second-order valence-electron chi connectivity index (χ2n) is 5.64. The third-order valence-electron chi connectivity index (χ3n) is 4.02. The number of carbonyl (C=O) groups is 2. The van der Waals surface area contributed by atoms with E-state index < -0.39 is 0 Å². The molecule has 1 N–H and O–H groups in total. The molecule has 0 radical (unpaired) electrons. The Hall–Kier alpha value is -2.88. The number of H-pyrrole nitrogens is 1. The minimum Gasteiger partial charge on any atom is -0.466 e. The van der Waals surface area contributed by atoms with Crippen molar-refractivity contribution in [3.05, 3.63) is 59.7 Å². The van der Waals surface area contributed by atoms with Crippen molar-refractivity contribution in [3.63, 3.8) is 0 Å². The zero-order chi connectivity index (χ0) is 17.1. The summed E-state index contributed by atoms with van der Waals surface area (Å²) < 4.78 is 5.11. The van der Waals surface area contributed by atoms with Gasteiger partial charge in [0, 0.05) is 16.5 Å². The molecule has 24 heavy (non-hydrogen) atoms. The van der Waals surface area contributed by atoms with Crippen LogP contribution in [0.15, 0.2) is 48.5 Å². The Kier molecular flexibility index (Phi) is 4.47. The highest BCUT2D eigenvalue weighted by Crippen LogP contribution is 2.31. The Morgan fingerprint density at radius 1 is 1.04 bits per heavy atom. The van der Waals surface area contributed by atoms with Crippen LogP contribution in [0.3, 0.4) is 0 Å². The van der Waals surface area contributed by atoms with Gasteiger partial charge in [0.15, 0.2) is 5.78 Å². The summed E-state index contributed by atoms with van der Waals surface area (Å²) >= 11 is 0. The Bertz CT molecular complexity index is 891. The lowest BCUT2D eigenvalue weighted by Crippen LogP contribution is -2.08. The van der Waals surface area contributed by atoms with Crippen molar-refractivity contribution in [2.75, 3.05) is 6.61 Å². The number of fused-ring (bicyclic) bond motifs is 1. The number of ether oxygens (including phenoxy) is 1. The maximum Gasteiger partial charge on any atom is 0.310 e. The highest BCUT2D eigenvalue weighted by atomic mass is 16.5. The van der Waals surface area contributed by atoms with Crippen LogP contribution in [-0.4, -0.2) is 23.3 Å². The standard InChI is InChI=1S/C20H19NO3/c1-3-24-19(23)12-17-16-6-4-5-7-18(16)21-20(17)15-10-8-14(9-11-15)13(2)22/h4-11,21H,3,12H2,1-2H3. The monoisotopic (exact) mass is 321 g/mol. The second kappa shape index (κ2) is 6.71. The number of nitrogens with one attached hydrogen (secondary N) is 1. The number of hydrogen-bond donors (Lipinski definition) is 1. The van der Waals surface area contributed by atoms with Crippen LogP contribution in [0.25, 0.3) is 22.2 Å². The molecule has 0 aliphatic carbocycles. The van der Waals surface area contributed by atoms with Gasteiger partial charge in [-0.2, -0.15) is 0 Å². The summed E-state index contributed by atoms with van der Waals surface area (Å²) in [7, 11) is 0. The minimum atomic E-state index is -0.246. The van der Waals surface area contributed by atoms with Crippen molar-refractivity contribution in [2.24, 2.45) is 0 Å². The number of esters is 1. The molecular weight excluding hydrogens is 302 g/mol. The van der Waals surface area contributed by atoms with Crippen LogP contribution in [0, 0.1) is 0 Å². The highest BCUT2D eigenvalue weighted by molar-refractivity contribution is 5.96. The fourth-order valence-electron chi connectivity index (χ4n) is 2.86. The quantitative estimate of drug-likeness (QED) is 0.567. The van der Waals surface area contributed by atoms with E-state index in [4.69, 9.17) is 4.74 Å². The maximum atomic E-state index is 12.0. The molecule has 122 valence electrons. The van der Waals surface area contributed by atoms with Gasteiger partial charge in [0.05, 0.1) is 18.7 Å². The van der Waals surface area contributed by atoms with Gasteiger partial charge < -0.3 is 9.72 Å². The number of para-hydroxylation sites is 1. The maximum absolute atomic E-state index is 12.0. The number of hydrogen-bond acceptors (Lipinski definition) is 3. The van der Waals surface area contributed by atoms with E-state index in [0.29, 0.717) is 12.2 Å². The summed E-state index contributed by atoms with van der Waals surface area (Å²) in [6.45, 7) is 3.71. The molecule has 1 aromatic heterocycles. The molecular formula is C20H19NO3. The lowest BCUT2D eigenvalue weighted by Gasteiger charge is -2.06. The SMILES string of the molecule is CCOC(=O)Cc1c(-c2ccc(C(C)=O)cc2)[nH]c2ccccc12. The van der Waals surface area contributed by atoms with E-state index in [-0.39, 0.29) is 18.2 Å². The molecule has 3 aromatic rings. The zero-order valence-corrected chi connectivity index (χ0v) is 13.8. The second-order valence-corrected chi connectivity index (χ2v) is 5.64. The van der Waals surface area contributed by atoms with Gasteiger partial charge in [0.25, 0.3) is 0 Å². The lowest BCUT2D eigenvalue weighted by atomic mass is 10.0. The van der Waals surface area contributed by atoms with E-state index in [2.05, 4.69) is 4.98 Å². The van der Waals surface area contributed by atoms with Crippen LogP contribution < -0.4 is 0 Å². The number of benzene rings is 2. The average Bonchev–Trinajstić information content (AvgIpc) is 2.94. The van der Waals surface area contributed by atoms with E-state index >= 15 is 0 Å². The Morgan fingerprint density at radius 3 is 2.42 bits per heavy atom. The minimum absolute atomic E-state index is 0.0324. The number of rotatable bonds is 5. The molecule has 0 atom stereocenters. The zero-order valence-electron chi connectivity index (χ0n) is 13.8. The number of carbonyl (C=O) groups excluding carboxylic acids is 2. The van der Waals surface area contributed by atoms with Crippen molar-refractivity contribution in [1.29, 1.82) is 0 Å². The number of aromatic nitrogens is 1. The Labute approximate surface area is 140 Å². The molecule has 4 heteroatoms. The Morgan fingerprint density at radius 2 is 1.75 bits per heavy atom. The third-order valence-corrected chi connectivity index (χ3v) is 4.02. The predicted octanol–water partition coefficient (Wildman–Crippen LogP) is 4.14. The van der Waals surface area contributed by atoms with Crippen LogP contribution in [-0.2, 0) is 16.0 Å². The highest BCUT2D eigenvalue weighted by Gasteiger charge is 2.16. The largest absolute Gasteiger partial charge is 0.466 e. The molecule has 2 aromatic carbocycles. The van der Waals surface area contributed by atoms with Gasteiger partial charge in [-0.3, -0.25) is 9.59 Å². The molecule has 3 rings (SSSR count). The summed E-state index contributed by atoms with van der Waals surface area (Å²) in [5.74, 6) is -0.214. The van der Waals surface area contributed by atoms with Crippen LogP contribution in [0.2, 0.25) is 0 Å². The normalized spacial score (nSPS) is 10.8. The first-order chi connectivity index (χ1) is 11.6. The van der Waals surface area contributed by atoms with E-state index in [0.717, 1.165) is 27.7 Å². The van der Waals surface area contributed by atoms with Gasteiger partial charge in [-0.05, 0) is 31.0 Å². The summed E-state index contributed by atoms with van der Waals surface area (Å²) in [6.07, 6.45) is 0.210. The molecule has 0 unspecified atom stereocenters. The summed E-state index contributed by atoms with van der Waals surface area (Å²) in [6, 6.07) is 15.3. The molecule has 4 nitrogen and oxygen atoms in total. The summed E-state index contributed by atoms with van der Waals surface area (Å²) in [5, 5.41) is 1.01. The van der Waals surface area contributed by atoms with E-state index in [1.807, 2.05) is 36.4 Å². The van der Waals surface area contributed by atoms with Crippen molar-refractivity contribution in [1.82, 2.24) is 4.98 Å². The van der Waals surface area contributed by atoms with Gasteiger partial charge >= 0.3 is 5.97 Å². The van der Waals surface area contributed by atoms with Crippen LogP contribution in [0.5, 0.6) is 0 Å². The Balaban J connectivity index is 2.08. The smallest absolute Gasteiger partial charge is 0.310 e. The van der Waals surface area contributed by atoms with E-state index in [9.17, 15) is 9.59 Å². The van der Waals surface area contributed by atoms with Gasteiger partial charge in [0.2, 0.25) is 0 Å². The predicted molar refractivity (Wildman–Crippen MR) is 94.1 cm³/mol. The average molecular weight is 321 g/mol. The molecule has 1 heterocycles. The number of aromatic amines is 1. The fourth-order valence-corrected chi connectivity index (χ4v) is 2.86. The van der Waals surface area contributed by atoms with Crippen molar-refractivity contribution in [3.8, 4) is 11.3 Å². The molecule has 0 bridgehead atoms. The van der Waals surface area contributed by atoms with Crippen molar-refractivity contribution in [2.45, 2.75) is 20.3 Å². The van der Waals surface area contributed by atoms with Gasteiger partial charge in [0.1, 0.15) is 0 Å². The number of ketones is 1. The summed E-state index contributed by atoms with van der Waals surface area (Å²) in [4.78, 5) is 26.8. The first-order valence-electron chi connectivity index (χ1n) is 7.96. The first-order valence-corrected chi connectivity index (χ1v) is 7.96. The van der Waals surface area contributed by atoms with Crippen molar-refractivity contribution >= 4 is 22.7 Å². The van der Waals surface area contributed by atoms with Gasteiger partial charge in [-0.15, -0.1) is 0 Å². The molecule has 0 saturated heterocycles. The van der Waals surface area contributed by atoms with Gasteiger partial charge in [-0.1, -0.05) is 42.5 Å². The van der Waals surface area contributed by atoms with Gasteiger partial charge in [-0.25, -0.2) is 0 Å². The van der Waals surface area contributed by atoms with Crippen LogP contribution in [0.4, 0.5) is 0 Å². The van der Waals surface area contributed by atoms with E-state index in [1.165, 1.54) is 0 Å². The summed E-state index contributed by atoms with van der Waals surface area (Å²) in [5.41, 5.74) is 4.39. The molecule has 0 spiro atoms.